The number of hydrogen-bond donors (Lipinski definition) is 1. The molecule has 0 aliphatic rings. The maximum atomic E-state index is 11.6. The van der Waals surface area contributed by atoms with Gasteiger partial charge in [0.2, 0.25) is 0 Å². The second-order valence-electron chi connectivity index (χ2n) is 14.2. The monoisotopic (exact) mass is 668 g/mol. The Morgan fingerprint density at radius 3 is 1.96 bits per heavy atom. The largest absolute Gasteiger partial charge is 0.497 e. The van der Waals surface area contributed by atoms with Crippen molar-refractivity contribution in [3.8, 4) is 17.2 Å². The predicted molar refractivity (Wildman–Crippen MR) is 204 cm³/mol. The number of benzene rings is 3. The lowest BCUT2D eigenvalue weighted by Gasteiger charge is -2.45. The van der Waals surface area contributed by atoms with E-state index < -0.39 is 28.6 Å². The van der Waals surface area contributed by atoms with Crippen molar-refractivity contribution >= 4 is 26.8 Å². The van der Waals surface area contributed by atoms with E-state index in [4.69, 9.17) is 13.9 Å². The average molecular weight is 669 g/mol. The molecule has 1 N–H and O–H groups in total. The van der Waals surface area contributed by atoms with Gasteiger partial charge in [-0.25, -0.2) is 0 Å². The minimum absolute atomic E-state index is 0.155. The maximum Gasteiger partial charge on any atom is 0.261 e. The van der Waals surface area contributed by atoms with Gasteiger partial charge in [0.25, 0.3) is 8.32 Å². The first-order valence-corrected chi connectivity index (χ1v) is 22.3. The van der Waals surface area contributed by atoms with Gasteiger partial charge in [0.15, 0.2) is 0 Å². The Hall–Kier alpha value is -3.19. The number of unbranched alkanes of at least 4 members (excludes halogenated alkanes) is 1. The molecule has 252 valence electrons. The summed E-state index contributed by atoms with van der Waals surface area (Å²) < 4.78 is 19.2. The van der Waals surface area contributed by atoms with E-state index in [1.54, 1.807) is 7.11 Å². The molecule has 0 bridgehead atoms. The van der Waals surface area contributed by atoms with Gasteiger partial charge in [-0.2, -0.15) is 0 Å². The van der Waals surface area contributed by atoms with Crippen LogP contribution in [0.5, 0.6) is 5.75 Å². The van der Waals surface area contributed by atoms with Crippen LogP contribution in [-0.2, 0) is 15.8 Å². The van der Waals surface area contributed by atoms with Gasteiger partial charge in [-0.05, 0) is 58.8 Å². The summed E-state index contributed by atoms with van der Waals surface area (Å²) in [5.41, 5.74) is 4.47. The zero-order valence-corrected chi connectivity index (χ0v) is 31.7. The Kier molecular flexibility index (Phi) is 15.0. The summed E-state index contributed by atoms with van der Waals surface area (Å²) in [6, 6.07) is 29.3. The number of allylic oxidation sites excluding steroid dienone is 1. The van der Waals surface area contributed by atoms with Crippen LogP contribution in [0.4, 0.5) is 0 Å². The Morgan fingerprint density at radius 2 is 1.45 bits per heavy atom. The smallest absolute Gasteiger partial charge is 0.261 e. The summed E-state index contributed by atoms with van der Waals surface area (Å²) in [6.07, 6.45) is 8.46. The number of rotatable bonds is 17. The van der Waals surface area contributed by atoms with E-state index in [2.05, 4.69) is 125 Å². The fourth-order valence-corrected chi connectivity index (χ4v) is 11.1. The first-order chi connectivity index (χ1) is 22.4. The van der Waals surface area contributed by atoms with Crippen LogP contribution in [0.1, 0.15) is 58.4 Å². The highest BCUT2D eigenvalue weighted by atomic mass is 28.4. The summed E-state index contributed by atoms with van der Waals surface area (Å²) in [5, 5.41) is 13.9. The van der Waals surface area contributed by atoms with Gasteiger partial charge >= 0.3 is 0 Å². The molecule has 0 saturated carbocycles. The fourth-order valence-electron chi connectivity index (χ4n) is 5.76. The SMILES string of the molecule is C=CCCC[C@@H](/C=C/[C@H](O)[C@H](CCC#C[Si](C)(C)C)OCc1ccc(OC)cc1)O[Si](c1ccccc1)(c1ccccc1)C(C)(C)C. The standard InChI is InChI=1S/C41H56O4Si2/c1-9-10-13-20-36(45-47(41(2,3)4,37-21-14-11-15-22-37)38-23-16-12-17-24-38)30-31-39(42)40(25-18-19-32-46(6,7)8)44-33-34-26-28-35(43-5)29-27-34/h9,11-12,14-17,21-24,26-31,36,39-40,42H,1,10,13,18,20,25,33H2,2-8H3/b31-30+/t36-,39-,40-/m0/s1. The Bertz CT molecular complexity index is 1390. The van der Waals surface area contributed by atoms with E-state index in [0.29, 0.717) is 19.4 Å². The van der Waals surface area contributed by atoms with Crippen molar-refractivity contribution in [3.63, 3.8) is 0 Å². The molecule has 0 aliphatic heterocycles. The molecule has 4 nitrogen and oxygen atoms in total. The summed E-state index contributed by atoms with van der Waals surface area (Å²) in [4.78, 5) is 0. The number of aliphatic hydroxyl groups is 1. The number of hydrogen-bond acceptors (Lipinski definition) is 4. The van der Waals surface area contributed by atoms with Crippen molar-refractivity contribution in [1.29, 1.82) is 0 Å². The molecule has 0 aliphatic carbocycles. The van der Waals surface area contributed by atoms with Crippen molar-refractivity contribution in [2.24, 2.45) is 0 Å². The van der Waals surface area contributed by atoms with E-state index in [0.717, 1.165) is 30.6 Å². The van der Waals surface area contributed by atoms with Gasteiger partial charge in [-0.1, -0.05) is 131 Å². The van der Waals surface area contributed by atoms with Crippen molar-refractivity contribution in [1.82, 2.24) is 0 Å². The zero-order valence-electron chi connectivity index (χ0n) is 29.7. The summed E-state index contributed by atoms with van der Waals surface area (Å²) in [5.74, 6) is 4.16. The number of methoxy groups -OCH3 is 1. The molecule has 0 heterocycles. The lowest BCUT2D eigenvalue weighted by atomic mass is 10.1. The lowest BCUT2D eigenvalue weighted by molar-refractivity contribution is -0.0304. The molecular weight excluding hydrogens is 613 g/mol. The van der Waals surface area contributed by atoms with Crippen molar-refractivity contribution in [2.75, 3.05) is 7.11 Å². The highest BCUT2D eigenvalue weighted by molar-refractivity contribution is 6.99. The number of aliphatic hydroxyl groups excluding tert-OH is 1. The molecule has 6 heteroatoms. The summed E-state index contributed by atoms with van der Waals surface area (Å²) >= 11 is 0. The van der Waals surface area contributed by atoms with Gasteiger partial charge in [-0.3, -0.25) is 0 Å². The van der Waals surface area contributed by atoms with Crippen LogP contribution in [-0.4, -0.2) is 46.9 Å². The Labute approximate surface area is 287 Å². The second-order valence-corrected chi connectivity index (χ2v) is 23.2. The van der Waals surface area contributed by atoms with Crippen LogP contribution in [0.2, 0.25) is 24.7 Å². The highest BCUT2D eigenvalue weighted by Crippen LogP contribution is 2.38. The molecule has 0 aromatic heterocycles. The second kappa shape index (κ2) is 18.4. The third kappa shape index (κ3) is 11.8. The van der Waals surface area contributed by atoms with Crippen molar-refractivity contribution in [3.05, 3.63) is 115 Å². The molecule has 0 amide bonds. The van der Waals surface area contributed by atoms with Crippen LogP contribution in [0, 0.1) is 11.5 Å². The fraction of sp³-hybridized carbons (Fsp3) is 0.415. The molecule has 0 fully saturated rings. The molecule has 3 atom stereocenters. The summed E-state index contributed by atoms with van der Waals surface area (Å²) in [7, 11) is -2.62. The highest BCUT2D eigenvalue weighted by Gasteiger charge is 2.51. The Morgan fingerprint density at radius 1 is 0.851 bits per heavy atom. The lowest BCUT2D eigenvalue weighted by Crippen LogP contribution is -2.67. The van der Waals surface area contributed by atoms with E-state index in [9.17, 15) is 5.11 Å². The van der Waals surface area contributed by atoms with Crippen LogP contribution in [0.15, 0.2) is 110 Å². The van der Waals surface area contributed by atoms with Gasteiger partial charge in [-0.15, -0.1) is 18.0 Å². The first-order valence-electron chi connectivity index (χ1n) is 16.9. The molecule has 3 aromatic carbocycles. The van der Waals surface area contributed by atoms with Gasteiger partial charge < -0.3 is 19.0 Å². The van der Waals surface area contributed by atoms with Gasteiger partial charge in [0.1, 0.15) is 13.8 Å². The zero-order chi connectivity index (χ0) is 34.3. The molecule has 3 rings (SSSR count). The third-order valence-corrected chi connectivity index (χ3v) is 14.2. The van der Waals surface area contributed by atoms with E-state index in [-0.39, 0.29) is 11.1 Å². The molecule has 0 spiro atoms. The van der Waals surface area contributed by atoms with Crippen molar-refractivity contribution < 1.29 is 19.0 Å². The van der Waals surface area contributed by atoms with Gasteiger partial charge in [0, 0.05) is 6.42 Å². The quantitative estimate of drug-likeness (QED) is 0.0679. The minimum atomic E-state index is -2.80. The van der Waals surface area contributed by atoms with E-state index in [1.807, 2.05) is 36.4 Å². The average Bonchev–Trinajstić information content (AvgIpc) is 3.05. The van der Waals surface area contributed by atoms with E-state index in [1.165, 1.54) is 10.4 Å². The third-order valence-electron chi connectivity index (χ3n) is 8.19. The molecule has 0 unspecified atom stereocenters. The van der Waals surface area contributed by atoms with Crippen molar-refractivity contribution in [2.45, 2.75) is 102 Å². The predicted octanol–water partition coefficient (Wildman–Crippen LogP) is 8.46. The molecule has 0 radical (unpaired) electrons. The van der Waals surface area contributed by atoms with E-state index >= 15 is 0 Å². The van der Waals surface area contributed by atoms with Gasteiger partial charge in [0.05, 0.1) is 32.0 Å². The van der Waals surface area contributed by atoms with Crippen LogP contribution in [0.3, 0.4) is 0 Å². The molecule has 47 heavy (non-hydrogen) atoms. The summed E-state index contributed by atoms with van der Waals surface area (Å²) in [6.45, 7) is 18.0. The minimum Gasteiger partial charge on any atom is -0.497 e. The normalized spacial score (nSPS) is 14.2. The van der Waals surface area contributed by atoms with Crippen LogP contribution < -0.4 is 15.1 Å². The van der Waals surface area contributed by atoms with Crippen LogP contribution in [0.25, 0.3) is 0 Å². The maximum absolute atomic E-state index is 11.6. The topological polar surface area (TPSA) is 47.9 Å². The molecule has 3 aromatic rings. The van der Waals surface area contributed by atoms with Crippen LogP contribution >= 0.6 is 0 Å². The molecular formula is C41H56O4Si2. The molecule has 0 saturated heterocycles. The number of ether oxygens (including phenoxy) is 2. The Balaban J connectivity index is 1.95. The first kappa shape index (κ1) is 38.3.